The monoisotopic (exact) mass is 577 g/mol. The molecule has 5 aromatic rings. The highest BCUT2D eigenvalue weighted by Crippen LogP contribution is 2.32. The van der Waals surface area contributed by atoms with Crippen LogP contribution in [0.3, 0.4) is 0 Å². The van der Waals surface area contributed by atoms with Crippen LogP contribution in [-0.2, 0) is 22.7 Å². The van der Waals surface area contributed by atoms with Gasteiger partial charge in [-0.15, -0.1) is 0 Å². The van der Waals surface area contributed by atoms with E-state index in [1.165, 1.54) is 0 Å². The topological polar surface area (TPSA) is 101 Å². The lowest BCUT2D eigenvalue weighted by Gasteiger charge is -2.27. The molecule has 0 fully saturated rings. The van der Waals surface area contributed by atoms with Crippen LogP contribution in [0.1, 0.15) is 23.6 Å². The number of ether oxygens (including phenoxy) is 1. The molecule has 214 valence electrons. The molecule has 0 saturated heterocycles. The zero-order chi connectivity index (χ0) is 30.5. The van der Waals surface area contributed by atoms with Gasteiger partial charge in [-0.2, -0.15) is 10.4 Å². The van der Waals surface area contributed by atoms with Gasteiger partial charge in [0.2, 0.25) is 0 Å². The van der Waals surface area contributed by atoms with Crippen LogP contribution in [0.4, 0.5) is 0 Å². The number of hydrogen-bond acceptors (Lipinski definition) is 6. The average Bonchev–Trinajstić information content (AvgIpc) is 3.50. The number of nitriles is 1. The fraction of sp³-hybridized carbons (Fsp3) is 0.0833. The molecular weight excluding hydrogens is 550 g/mol. The third-order valence-corrected chi connectivity index (χ3v) is 7.33. The van der Waals surface area contributed by atoms with E-state index in [1.807, 2.05) is 97.2 Å². The van der Waals surface area contributed by atoms with E-state index >= 15 is 0 Å². The molecule has 0 aliphatic carbocycles. The van der Waals surface area contributed by atoms with E-state index in [2.05, 4.69) is 4.98 Å². The van der Waals surface area contributed by atoms with Crippen molar-refractivity contribution in [2.75, 3.05) is 0 Å². The van der Waals surface area contributed by atoms with Crippen molar-refractivity contribution in [2.24, 2.45) is 0 Å². The summed E-state index contributed by atoms with van der Waals surface area (Å²) in [5.74, 6) is -0.398. The second-order valence-electron chi connectivity index (χ2n) is 10.2. The lowest BCUT2D eigenvalue weighted by atomic mass is 9.93. The number of para-hydroxylation sites is 1. The summed E-state index contributed by atoms with van der Waals surface area (Å²) in [6, 6.07) is 32.7. The van der Waals surface area contributed by atoms with Crippen LogP contribution in [0.5, 0.6) is 5.75 Å². The van der Waals surface area contributed by atoms with Crippen molar-refractivity contribution in [2.45, 2.75) is 20.1 Å². The van der Waals surface area contributed by atoms with Crippen molar-refractivity contribution in [1.29, 1.82) is 5.26 Å². The van der Waals surface area contributed by atoms with Gasteiger partial charge in [-0.1, -0.05) is 54.6 Å². The molecule has 0 radical (unpaired) electrons. The molecule has 0 unspecified atom stereocenters. The zero-order valence-corrected chi connectivity index (χ0v) is 23.9. The number of pyridine rings is 1. The Hall–Kier alpha value is -6.07. The molecule has 3 heterocycles. The summed E-state index contributed by atoms with van der Waals surface area (Å²) in [5.41, 5.74) is 5.19. The van der Waals surface area contributed by atoms with E-state index in [9.17, 15) is 14.9 Å². The number of aromatic nitrogens is 3. The first-order valence-electron chi connectivity index (χ1n) is 14.0. The van der Waals surface area contributed by atoms with Gasteiger partial charge in [-0.05, 0) is 72.2 Å². The molecule has 6 rings (SSSR count). The minimum Gasteiger partial charge on any atom is -0.489 e. The quantitative estimate of drug-likeness (QED) is 0.158. The third-order valence-electron chi connectivity index (χ3n) is 7.33. The summed E-state index contributed by atoms with van der Waals surface area (Å²) in [5, 5.41) is 14.8. The normalized spacial score (nSPS) is 14.2. The first-order chi connectivity index (χ1) is 21.5. The summed E-state index contributed by atoms with van der Waals surface area (Å²) >= 11 is 0. The van der Waals surface area contributed by atoms with Gasteiger partial charge in [0.05, 0.1) is 17.9 Å². The highest BCUT2D eigenvalue weighted by Gasteiger charge is 2.35. The summed E-state index contributed by atoms with van der Waals surface area (Å²) in [6.45, 7) is 2.08. The predicted octanol–water partition coefficient (Wildman–Crippen LogP) is 6.31. The molecule has 3 aromatic carbocycles. The van der Waals surface area contributed by atoms with Gasteiger partial charge in [0.1, 0.15) is 24.0 Å². The third kappa shape index (κ3) is 5.80. The summed E-state index contributed by atoms with van der Waals surface area (Å²) in [7, 11) is 0. The van der Waals surface area contributed by atoms with E-state index in [1.54, 1.807) is 42.2 Å². The van der Waals surface area contributed by atoms with Gasteiger partial charge < -0.3 is 4.74 Å². The molecule has 0 N–H and O–H groups in total. The molecule has 8 nitrogen and oxygen atoms in total. The maximum atomic E-state index is 13.8. The van der Waals surface area contributed by atoms with Gasteiger partial charge >= 0.3 is 0 Å². The number of hydrogen-bond donors (Lipinski definition) is 0. The Morgan fingerprint density at radius 3 is 2.25 bits per heavy atom. The fourth-order valence-electron chi connectivity index (χ4n) is 4.98. The summed E-state index contributed by atoms with van der Waals surface area (Å²) in [6.07, 6.45) is 6.76. The van der Waals surface area contributed by atoms with Crippen LogP contribution < -0.4 is 4.74 Å². The van der Waals surface area contributed by atoms with Gasteiger partial charge in [0.25, 0.3) is 11.8 Å². The second-order valence-corrected chi connectivity index (χ2v) is 10.2. The predicted molar refractivity (Wildman–Crippen MR) is 166 cm³/mol. The Morgan fingerprint density at radius 2 is 1.57 bits per heavy atom. The minimum atomic E-state index is -0.623. The van der Waals surface area contributed by atoms with Crippen molar-refractivity contribution < 1.29 is 14.3 Å². The van der Waals surface area contributed by atoms with Gasteiger partial charge in [0.15, 0.2) is 0 Å². The largest absolute Gasteiger partial charge is 0.489 e. The van der Waals surface area contributed by atoms with Crippen molar-refractivity contribution in [3.63, 3.8) is 0 Å². The zero-order valence-electron chi connectivity index (χ0n) is 23.9. The van der Waals surface area contributed by atoms with Crippen molar-refractivity contribution in [1.82, 2.24) is 19.7 Å². The number of benzene rings is 3. The SMILES string of the molecule is CC1=C(C#N)C(=O)N(Cc2cccnc2)C(=O)/C1=C/c1cn(-c2ccccc2)nc1-c1ccc(OCc2ccccc2)cc1. The summed E-state index contributed by atoms with van der Waals surface area (Å²) < 4.78 is 7.72. The van der Waals surface area contributed by atoms with E-state index in [0.717, 1.165) is 21.7 Å². The van der Waals surface area contributed by atoms with Crippen LogP contribution >= 0.6 is 0 Å². The Bertz CT molecular complexity index is 1920. The Kier molecular flexibility index (Phi) is 7.93. The molecule has 1 aliphatic rings. The summed E-state index contributed by atoms with van der Waals surface area (Å²) in [4.78, 5) is 32.2. The van der Waals surface area contributed by atoms with Crippen LogP contribution in [0.25, 0.3) is 23.0 Å². The van der Waals surface area contributed by atoms with E-state index in [-0.39, 0.29) is 17.7 Å². The maximum Gasteiger partial charge on any atom is 0.271 e. The Morgan fingerprint density at radius 1 is 0.864 bits per heavy atom. The van der Waals surface area contributed by atoms with E-state index in [4.69, 9.17) is 9.84 Å². The highest BCUT2D eigenvalue weighted by molar-refractivity contribution is 6.19. The molecular formula is C36H27N5O3. The molecule has 2 amide bonds. The fourth-order valence-corrected chi connectivity index (χ4v) is 4.98. The second kappa shape index (κ2) is 12.4. The van der Waals surface area contributed by atoms with Gasteiger partial charge in [-0.25, -0.2) is 4.68 Å². The molecule has 2 aromatic heterocycles. The number of rotatable bonds is 8. The van der Waals surface area contributed by atoms with Gasteiger partial charge in [-0.3, -0.25) is 19.5 Å². The van der Waals surface area contributed by atoms with Crippen LogP contribution in [0.15, 0.2) is 132 Å². The molecule has 0 bridgehead atoms. The first kappa shape index (κ1) is 28.1. The maximum absolute atomic E-state index is 13.8. The number of carbonyl (C=O) groups excluding carboxylic acids is 2. The number of carbonyl (C=O) groups is 2. The van der Waals surface area contributed by atoms with Crippen molar-refractivity contribution in [3.05, 3.63) is 149 Å². The van der Waals surface area contributed by atoms with E-state index in [0.29, 0.717) is 34.8 Å². The minimum absolute atomic E-state index is 0.00187. The van der Waals surface area contributed by atoms with E-state index < -0.39 is 11.8 Å². The lowest BCUT2D eigenvalue weighted by Crippen LogP contribution is -2.42. The molecule has 1 aliphatic heterocycles. The molecule has 0 atom stereocenters. The molecule has 44 heavy (non-hydrogen) atoms. The molecule has 8 heteroatoms. The molecule has 0 spiro atoms. The highest BCUT2D eigenvalue weighted by atomic mass is 16.5. The smallest absolute Gasteiger partial charge is 0.271 e. The standard InChI is InChI=1S/C36H27N5O3/c1-25-32(35(42)40(36(43)33(25)20-37)22-27-11-8-18-38-21-27)19-29-23-41(30-12-6-3-7-13-30)39-34(29)28-14-16-31(17-15-28)44-24-26-9-4-2-5-10-26/h2-19,21,23H,22,24H2,1H3/b32-19+. The first-order valence-corrected chi connectivity index (χ1v) is 14.0. The number of amides is 2. The lowest BCUT2D eigenvalue weighted by molar-refractivity contribution is -0.141. The van der Waals surface area contributed by atoms with Crippen molar-refractivity contribution in [3.8, 4) is 28.8 Å². The van der Waals surface area contributed by atoms with Crippen LogP contribution in [-0.4, -0.2) is 31.5 Å². The van der Waals surface area contributed by atoms with Crippen LogP contribution in [0, 0.1) is 11.3 Å². The Labute approximate surface area is 254 Å². The van der Waals surface area contributed by atoms with Crippen LogP contribution in [0.2, 0.25) is 0 Å². The molecule has 0 saturated carbocycles. The average molecular weight is 578 g/mol. The Balaban J connectivity index is 1.39. The number of nitrogens with zero attached hydrogens (tertiary/aromatic N) is 5. The van der Waals surface area contributed by atoms with Crippen molar-refractivity contribution >= 4 is 17.9 Å². The van der Waals surface area contributed by atoms with Gasteiger partial charge in [0, 0.05) is 35.3 Å². The number of imide groups is 1.